The molecule has 0 atom stereocenters. The summed E-state index contributed by atoms with van der Waals surface area (Å²) in [5, 5.41) is 3.60. The fraction of sp³-hybridized carbons (Fsp3) is 0.250. The van der Waals surface area contributed by atoms with E-state index in [-0.39, 0.29) is 0 Å². The van der Waals surface area contributed by atoms with Crippen LogP contribution in [0.3, 0.4) is 0 Å². The molecule has 0 aliphatic rings. The molecule has 11 heavy (non-hydrogen) atoms. The van der Waals surface area contributed by atoms with Gasteiger partial charge in [-0.2, -0.15) is 0 Å². The summed E-state index contributed by atoms with van der Waals surface area (Å²) in [4.78, 5) is 0. The van der Waals surface area contributed by atoms with Crippen molar-refractivity contribution in [2.24, 2.45) is 0 Å². The normalized spacial score (nSPS) is 9.36. The van der Waals surface area contributed by atoms with Crippen molar-refractivity contribution < 1.29 is 4.74 Å². The molecule has 1 aromatic carbocycles. The number of nitrogens with one attached hydrogen (secondary N) is 1. The molecule has 0 aliphatic heterocycles. The first-order valence-corrected chi connectivity index (χ1v) is 3.67. The maximum atomic E-state index is 5.84. The molecule has 2 nitrogen and oxygen atoms in total. The first-order chi connectivity index (χ1) is 5.27. The van der Waals surface area contributed by atoms with E-state index < -0.39 is 0 Å². The van der Waals surface area contributed by atoms with E-state index in [4.69, 9.17) is 16.3 Å². The van der Waals surface area contributed by atoms with Crippen LogP contribution >= 0.6 is 11.6 Å². The summed E-state index contributed by atoms with van der Waals surface area (Å²) >= 11 is 5.84. The van der Waals surface area contributed by atoms with Crippen LogP contribution in [0.4, 0.5) is 5.69 Å². The predicted octanol–water partition coefficient (Wildman–Crippen LogP) is 2.39. The molecule has 0 saturated heterocycles. The summed E-state index contributed by atoms with van der Waals surface area (Å²) in [5.41, 5.74) is 0.982. The van der Waals surface area contributed by atoms with E-state index in [1.165, 1.54) is 0 Å². The van der Waals surface area contributed by atoms with Crippen molar-refractivity contribution in [3.05, 3.63) is 23.2 Å². The number of halogens is 1. The zero-order valence-corrected chi connectivity index (χ0v) is 7.27. The van der Waals surface area contributed by atoms with E-state index in [1.54, 1.807) is 7.11 Å². The molecule has 0 aromatic heterocycles. The highest BCUT2D eigenvalue weighted by Crippen LogP contribution is 2.26. The second-order valence-corrected chi connectivity index (χ2v) is 2.51. The molecular weight excluding hydrogens is 162 g/mol. The van der Waals surface area contributed by atoms with Crippen LogP contribution in [-0.2, 0) is 0 Å². The summed E-state index contributed by atoms with van der Waals surface area (Å²) in [6, 6.07) is 5.55. The minimum atomic E-state index is 0.624. The second kappa shape index (κ2) is 3.49. The molecule has 0 heterocycles. The molecule has 0 radical (unpaired) electrons. The van der Waals surface area contributed by atoms with Crippen molar-refractivity contribution in [3.63, 3.8) is 0 Å². The topological polar surface area (TPSA) is 21.3 Å². The fourth-order valence-electron chi connectivity index (χ4n) is 0.822. The highest BCUT2D eigenvalue weighted by molar-refractivity contribution is 6.32. The van der Waals surface area contributed by atoms with Gasteiger partial charge in [0.2, 0.25) is 0 Å². The number of methoxy groups -OCH3 is 1. The fourth-order valence-corrected chi connectivity index (χ4v) is 1.08. The van der Waals surface area contributed by atoms with Gasteiger partial charge in [0.25, 0.3) is 0 Å². The first kappa shape index (κ1) is 8.21. The largest absolute Gasteiger partial charge is 0.495 e. The zero-order chi connectivity index (χ0) is 8.27. The Hall–Kier alpha value is -0.890. The average Bonchev–Trinajstić information content (AvgIpc) is 2.04. The Balaban J connectivity index is 2.99. The monoisotopic (exact) mass is 171 g/mol. The van der Waals surface area contributed by atoms with Gasteiger partial charge in [0.1, 0.15) is 5.75 Å². The molecule has 1 aromatic rings. The number of benzene rings is 1. The van der Waals surface area contributed by atoms with Gasteiger partial charge in [0.15, 0.2) is 0 Å². The van der Waals surface area contributed by atoms with Crippen molar-refractivity contribution in [3.8, 4) is 5.75 Å². The van der Waals surface area contributed by atoms with E-state index >= 15 is 0 Å². The molecule has 3 heteroatoms. The minimum absolute atomic E-state index is 0.624. The van der Waals surface area contributed by atoms with Crippen molar-refractivity contribution in [2.45, 2.75) is 0 Å². The molecule has 60 valence electrons. The summed E-state index contributed by atoms with van der Waals surface area (Å²) in [7, 11) is 3.44. The Bertz CT molecular complexity index is 250. The Kier molecular flexibility index (Phi) is 2.60. The third kappa shape index (κ3) is 1.77. The molecule has 0 spiro atoms. The molecule has 1 N–H and O–H groups in total. The van der Waals surface area contributed by atoms with E-state index in [0.717, 1.165) is 5.69 Å². The van der Waals surface area contributed by atoms with E-state index in [1.807, 2.05) is 25.2 Å². The Morgan fingerprint density at radius 2 is 2.18 bits per heavy atom. The van der Waals surface area contributed by atoms with Crippen LogP contribution in [0, 0.1) is 0 Å². The summed E-state index contributed by atoms with van der Waals surface area (Å²) in [5.74, 6) is 0.700. The van der Waals surface area contributed by atoms with Crippen LogP contribution in [0.1, 0.15) is 0 Å². The molecule has 0 saturated carbocycles. The number of anilines is 1. The molecule has 0 amide bonds. The van der Waals surface area contributed by atoms with Gasteiger partial charge in [0, 0.05) is 12.7 Å². The Morgan fingerprint density at radius 3 is 2.64 bits per heavy atom. The number of hydrogen-bond acceptors (Lipinski definition) is 2. The summed E-state index contributed by atoms with van der Waals surface area (Å²) in [6.45, 7) is 0. The van der Waals surface area contributed by atoms with Gasteiger partial charge in [0.05, 0.1) is 12.1 Å². The third-order valence-corrected chi connectivity index (χ3v) is 1.74. The van der Waals surface area contributed by atoms with Gasteiger partial charge in [-0.05, 0) is 18.2 Å². The van der Waals surface area contributed by atoms with Crippen molar-refractivity contribution >= 4 is 17.3 Å². The maximum Gasteiger partial charge on any atom is 0.137 e. The van der Waals surface area contributed by atoms with Crippen molar-refractivity contribution in [2.75, 3.05) is 19.5 Å². The first-order valence-electron chi connectivity index (χ1n) is 3.29. The summed E-state index contributed by atoms with van der Waals surface area (Å²) < 4.78 is 4.98. The van der Waals surface area contributed by atoms with Gasteiger partial charge in [-0.25, -0.2) is 0 Å². The molecule has 0 bridgehead atoms. The lowest BCUT2D eigenvalue weighted by atomic mass is 10.3. The Morgan fingerprint density at radius 1 is 1.45 bits per heavy atom. The van der Waals surface area contributed by atoms with Gasteiger partial charge in [-0.15, -0.1) is 0 Å². The van der Waals surface area contributed by atoms with Crippen LogP contribution in [-0.4, -0.2) is 14.2 Å². The van der Waals surface area contributed by atoms with Crippen LogP contribution in [0.2, 0.25) is 5.02 Å². The molecular formula is C8H10ClNO. The van der Waals surface area contributed by atoms with Crippen LogP contribution in [0.5, 0.6) is 5.75 Å². The smallest absolute Gasteiger partial charge is 0.137 e. The highest BCUT2D eigenvalue weighted by atomic mass is 35.5. The van der Waals surface area contributed by atoms with Gasteiger partial charge in [-0.1, -0.05) is 11.6 Å². The lowest BCUT2D eigenvalue weighted by Crippen LogP contribution is -1.89. The van der Waals surface area contributed by atoms with E-state index in [9.17, 15) is 0 Å². The molecule has 1 rings (SSSR count). The number of hydrogen-bond donors (Lipinski definition) is 1. The molecule has 0 fully saturated rings. The third-order valence-electron chi connectivity index (χ3n) is 1.44. The van der Waals surface area contributed by atoms with E-state index in [0.29, 0.717) is 10.8 Å². The van der Waals surface area contributed by atoms with Gasteiger partial charge < -0.3 is 10.1 Å². The maximum absolute atomic E-state index is 5.84. The van der Waals surface area contributed by atoms with Crippen molar-refractivity contribution in [1.29, 1.82) is 0 Å². The molecule has 0 unspecified atom stereocenters. The lowest BCUT2D eigenvalue weighted by Gasteiger charge is -2.04. The quantitative estimate of drug-likeness (QED) is 0.738. The van der Waals surface area contributed by atoms with Crippen LogP contribution < -0.4 is 10.1 Å². The summed E-state index contributed by atoms with van der Waals surface area (Å²) in [6.07, 6.45) is 0. The van der Waals surface area contributed by atoms with Gasteiger partial charge in [-0.3, -0.25) is 0 Å². The second-order valence-electron chi connectivity index (χ2n) is 2.10. The van der Waals surface area contributed by atoms with Crippen LogP contribution in [0.25, 0.3) is 0 Å². The predicted molar refractivity (Wildman–Crippen MR) is 47.6 cm³/mol. The minimum Gasteiger partial charge on any atom is -0.495 e. The SMILES string of the molecule is CNc1ccc(OC)c(Cl)c1. The average molecular weight is 172 g/mol. The van der Waals surface area contributed by atoms with E-state index in [2.05, 4.69) is 5.32 Å². The van der Waals surface area contributed by atoms with Crippen LogP contribution in [0.15, 0.2) is 18.2 Å². The number of rotatable bonds is 2. The number of ether oxygens (including phenoxy) is 1. The van der Waals surface area contributed by atoms with Crippen molar-refractivity contribution in [1.82, 2.24) is 0 Å². The molecule has 0 aliphatic carbocycles. The lowest BCUT2D eigenvalue weighted by molar-refractivity contribution is 0.415. The van der Waals surface area contributed by atoms with Gasteiger partial charge >= 0.3 is 0 Å². The zero-order valence-electron chi connectivity index (χ0n) is 6.52. The Labute approximate surface area is 71.1 Å². The highest BCUT2D eigenvalue weighted by Gasteiger charge is 1.98. The standard InChI is InChI=1S/C8H10ClNO/c1-10-6-3-4-8(11-2)7(9)5-6/h3-5,10H,1-2H3.